The van der Waals surface area contributed by atoms with Crippen LogP contribution < -0.4 is 5.32 Å². The fourth-order valence-corrected chi connectivity index (χ4v) is 5.38. The maximum Gasteiger partial charge on any atom is 0.163 e. The van der Waals surface area contributed by atoms with Crippen molar-refractivity contribution in [2.24, 2.45) is 11.8 Å². The van der Waals surface area contributed by atoms with Gasteiger partial charge in [0.05, 0.1) is 5.69 Å². The summed E-state index contributed by atoms with van der Waals surface area (Å²) in [5.41, 5.74) is 2.57. The van der Waals surface area contributed by atoms with Crippen molar-refractivity contribution < 1.29 is 0 Å². The highest BCUT2D eigenvalue weighted by atomic mass is 32.2. The number of hydrogen-bond acceptors (Lipinski definition) is 5. The second-order valence-electron chi connectivity index (χ2n) is 7.36. The summed E-state index contributed by atoms with van der Waals surface area (Å²) in [5, 5.41) is 4.40. The third kappa shape index (κ3) is 2.80. The van der Waals surface area contributed by atoms with Gasteiger partial charge in [-0.25, -0.2) is 9.97 Å². The number of piperidine rings is 1. The molecule has 1 saturated carbocycles. The van der Waals surface area contributed by atoms with Crippen LogP contribution in [0.5, 0.6) is 0 Å². The Morgan fingerprint density at radius 3 is 2.83 bits per heavy atom. The summed E-state index contributed by atoms with van der Waals surface area (Å²) < 4.78 is 0. The number of nitrogens with one attached hydrogen (secondary N) is 1. The zero-order valence-corrected chi connectivity index (χ0v) is 14.6. The zero-order valence-electron chi connectivity index (χ0n) is 13.7. The quantitative estimate of drug-likeness (QED) is 0.754. The first-order valence-electron chi connectivity index (χ1n) is 8.94. The lowest BCUT2D eigenvalue weighted by Crippen LogP contribution is -2.42. The lowest BCUT2D eigenvalue weighted by Gasteiger charge is -2.41. The van der Waals surface area contributed by atoms with Crippen LogP contribution in [-0.2, 0) is 6.54 Å². The van der Waals surface area contributed by atoms with Crippen LogP contribution >= 0.6 is 11.8 Å². The van der Waals surface area contributed by atoms with Crippen LogP contribution in [0.1, 0.15) is 31.2 Å². The van der Waals surface area contributed by atoms with Gasteiger partial charge in [-0.2, -0.15) is 0 Å². The number of benzene rings is 1. The van der Waals surface area contributed by atoms with Gasteiger partial charge in [-0.15, -0.1) is 0 Å². The van der Waals surface area contributed by atoms with Gasteiger partial charge in [0.1, 0.15) is 5.03 Å². The molecule has 0 spiro atoms. The molecule has 24 heavy (non-hydrogen) atoms. The molecular formula is C19H22N4S. The second-order valence-corrected chi connectivity index (χ2v) is 8.39. The fourth-order valence-electron chi connectivity index (χ4n) is 4.51. The van der Waals surface area contributed by atoms with Crippen LogP contribution in [0.4, 0.5) is 11.5 Å². The number of aromatic nitrogens is 2. The van der Waals surface area contributed by atoms with Gasteiger partial charge in [0.15, 0.2) is 5.82 Å². The SMILES string of the molecule is c1cnc2c(n1)Nc1cc(CN3CC4CCCC(C4)C3)ccc1S2. The molecule has 2 atom stereocenters. The minimum atomic E-state index is 0.875. The van der Waals surface area contributed by atoms with E-state index in [2.05, 4.69) is 38.4 Å². The Hall–Kier alpha value is -1.59. The Bertz CT molecular complexity index is 751. The molecule has 0 radical (unpaired) electrons. The number of fused-ring (bicyclic) bond motifs is 4. The molecule has 3 aliphatic rings. The summed E-state index contributed by atoms with van der Waals surface area (Å²) in [6.07, 6.45) is 9.28. The van der Waals surface area contributed by atoms with Gasteiger partial charge in [-0.3, -0.25) is 4.90 Å². The van der Waals surface area contributed by atoms with E-state index in [4.69, 9.17) is 0 Å². The van der Waals surface area contributed by atoms with Crippen LogP contribution in [0.25, 0.3) is 0 Å². The molecule has 1 aliphatic carbocycles. The normalized spacial score (nSPS) is 25.5. The molecule has 3 heterocycles. The number of likely N-dealkylation sites (tertiary alicyclic amines) is 1. The molecule has 4 nitrogen and oxygen atoms in total. The molecule has 124 valence electrons. The van der Waals surface area contributed by atoms with Gasteiger partial charge < -0.3 is 5.32 Å². The monoisotopic (exact) mass is 338 g/mol. The van der Waals surface area contributed by atoms with Crippen molar-refractivity contribution in [1.29, 1.82) is 0 Å². The van der Waals surface area contributed by atoms with Crippen molar-refractivity contribution in [1.82, 2.24) is 14.9 Å². The molecule has 1 N–H and O–H groups in total. The van der Waals surface area contributed by atoms with E-state index in [0.29, 0.717) is 0 Å². The van der Waals surface area contributed by atoms with Crippen LogP contribution in [0, 0.1) is 11.8 Å². The Labute approximate surface area is 147 Å². The third-order valence-electron chi connectivity index (χ3n) is 5.50. The van der Waals surface area contributed by atoms with Crippen molar-refractivity contribution in [3.05, 3.63) is 36.2 Å². The van der Waals surface area contributed by atoms with E-state index >= 15 is 0 Å². The van der Waals surface area contributed by atoms with E-state index in [9.17, 15) is 0 Å². The molecule has 2 unspecified atom stereocenters. The van der Waals surface area contributed by atoms with Gasteiger partial charge in [0.25, 0.3) is 0 Å². The summed E-state index contributed by atoms with van der Waals surface area (Å²) in [4.78, 5) is 12.7. The smallest absolute Gasteiger partial charge is 0.163 e. The molecule has 1 saturated heterocycles. The highest BCUT2D eigenvalue weighted by Gasteiger charge is 2.30. The first kappa shape index (κ1) is 14.7. The Kier molecular flexibility index (Phi) is 3.71. The summed E-state index contributed by atoms with van der Waals surface area (Å²) in [5.74, 6) is 2.75. The van der Waals surface area contributed by atoms with Gasteiger partial charge in [-0.1, -0.05) is 24.2 Å². The van der Waals surface area contributed by atoms with Gasteiger partial charge in [0, 0.05) is 36.9 Å². The molecule has 5 heteroatoms. The Balaban J connectivity index is 1.34. The van der Waals surface area contributed by atoms with Crippen LogP contribution in [0.2, 0.25) is 0 Å². The highest BCUT2D eigenvalue weighted by molar-refractivity contribution is 7.99. The van der Waals surface area contributed by atoms with E-state index < -0.39 is 0 Å². The topological polar surface area (TPSA) is 41.1 Å². The zero-order chi connectivity index (χ0) is 15.9. The minimum Gasteiger partial charge on any atom is -0.337 e. The molecule has 0 amide bonds. The number of rotatable bonds is 2. The largest absolute Gasteiger partial charge is 0.337 e. The molecular weight excluding hydrogens is 316 g/mol. The number of hydrogen-bond donors (Lipinski definition) is 1. The summed E-state index contributed by atoms with van der Waals surface area (Å²) in [7, 11) is 0. The first-order valence-corrected chi connectivity index (χ1v) is 9.76. The van der Waals surface area contributed by atoms with Crippen molar-refractivity contribution in [2.75, 3.05) is 18.4 Å². The van der Waals surface area contributed by atoms with Crippen molar-refractivity contribution in [2.45, 2.75) is 42.1 Å². The Morgan fingerprint density at radius 1 is 1.12 bits per heavy atom. The number of anilines is 2. The summed E-state index contributed by atoms with van der Waals surface area (Å²) >= 11 is 1.70. The van der Waals surface area contributed by atoms with Crippen molar-refractivity contribution in [3.8, 4) is 0 Å². The molecule has 5 rings (SSSR count). The standard InChI is InChI=1S/C19H22N4S/c1-2-13-8-14(3-1)11-23(10-13)12-15-4-5-17-16(9-15)22-18-19(24-17)21-7-6-20-18/h4-7,9,13-14H,1-3,8,10-12H2,(H,20,22). The van der Waals surface area contributed by atoms with E-state index in [-0.39, 0.29) is 0 Å². The van der Waals surface area contributed by atoms with Crippen LogP contribution in [0.15, 0.2) is 40.5 Å². The van der Waals surface area contributed by atoms with E-state index in [1.54, 1.807) is 24.2 Å². The van der Waals surface area contributed by atoms with Gasteiger partial charge in [0.2, 0.25) is 0 Å². The highest BCUT2D eigenvalue weighted by Crippen LogP contribution is 2.42. The molecule has 2 aromatic rings. The van der Waals surface area contributed by atoms with Crippen LogP contribution in [0.3, 0.4) is 0 Å². The minimum absolute atomic E-state index is 0.875. The van der Waals surface area contributed by atoms with Gasteiger partial charge in [-0.05, 0) is 48.8 Å². The van der Waals surface area contributed by atoms with Crippen molar-refractivity contribution in [3.63, 3.8) is 0 Å². The fraction of sp³-hybridized carbons (Fsp3) is 0.474. The summed E-state index contributed by atoms with van der Waals surface area (Å²) in [6, 6.07) is 6.80. The van der Waals surface area contributed by atoms with E-state index in [0.717, 1.165) is 29.2 Å². The maximum atomic E-state index is 4.40. The Morgan fingerprint density at radius 2 is 1.96 bits per heavy atom. The summed E-state index contributed by atoms with van der Waals surface area (Å²) in [6.45, 7) is 3.63. The predicted molar refractivity (Wildman–Crippen MR) is 96.6 cm³/mol. The van der Waals surface area contributed by atoms with Crippen molar-refractivity contribution >= 4 is 23.3 Å². The van der Waals surface area contributed by atoms with E-state index in [1.165, 1.54) is 54.9 Å². The lowest BCUT2D eigenvalue weighted by atomic mass is 9.78. The average Bonchev–Trinajstić information content (AvgIpc) is 2.59. The average molecular weight is 338 g/mol. The maximum absolute atomic E-state index is 4.40. The second kappa shape index (κ2) is 6.05. The molecule has 2 fully saturated rings. The predicted octanol–water partition coefficient (Wildman–Crippen LogP) is 4.31. The first-order chi connectivity index (χ1) is 11.8. The lowest BCUT2D eigenvalue weighted by molar-refractivity contribution is 0.0808. The van der Waals surface area contributed by atoms with Crippen LogP contribution in [-0.4, -0.2) is 28.0 Å². The van der Waals surface area contributed by atoms with Gasteiger partial charge >= 0.3 is 0 Å². The van der Waals surface area contributed by atoms with E-state index in [1.807, 2.05) is 0 Å². The molecule has 2 bridgehead atoms. The number of nitrogens with zero attached hydrogens (tertiary/aromatic N) is 3. The third-order valence-corrected chi connectivity index (χ3v) is 6.57. The molecule has 1 aromatic carbocycles. The molecule has 2 aliphatic heterocycles. The molecule has 1 aromatic heterocycles.